The molecule has 0 amide bonds. The van der Waals surface area contributed by atoms with E-state index in [1.165, 1.54) is 22.3 Å². The molecule has 2 nitrogen and oxygen atoms in total. The fraction of sp³-hybridized carbons (Fsp3) is 0.542. The fourth-order valence-electron chi connectivity index (χ4n) is 4.55. The summed E-state index contributed by atoms with van der Waals surface area (Å²) >= 11 is 0. The van der Waals surface area contributed by atoms with Gasteiger partial charge in [0.05, 0.1) is 5.92 Å². The van der Waals surface area contributed by atoms with Gasteiger partial charge in [-0.05, 0) is 49.8 Å². The number of benzene rings is 1. The third-order valence-electron chi connectivity index (χ3n) is 5.89. The molecule has 3 rings (SSSR count). The summed E-state index contributed by atoms with van der Waals surface area (Å²) in [7, 11) is 0. The van der Waals surface area contributed by atoms with E-state index in [9.17, 15) is 4.79 Å². The normalized spacial score (nSPS) is 24.4. The van der Waals surface area contributed by atoms with E-state index in [1.807, 2.05) is 6.07 Å². The summed E-state index contributed by atoms with van der Waals surface area (Å²) in [4.78, 5) is 12.5. The van der Waals surface area contributed by atoms with Crippen LogP contribution in [-0.4, -0.2) is 5.97 Å². The highest BCUT2D eigenvalue weighted by Crippen LogP contribution is 2.46. The molecule has 2 atom stereocenters. The van der Waals surface area contributed by atoms with Gasteiger partial charge < -0.3 is 4.74 Å². The number of unbranched alkanes of at least 4 members (excludes halogenated alkanes) is 2. The SMILES string of the molecule is CCCCc1c(C2(C)C=CC=C(C)C2)ccc2c1C(CCCC)C(=O)O2. The van der Waals surface area contributed by atoms with Crippen molar-refractivity contribution in [1.82, 2.24) is 0 Å². The van der Waals surface area contributed by atoms with Crippen LogP contribution in [-0.2, 0) is 16.6 Å². The predicted octanol–water partition coefficient (Wildman–Crippen LogP) is 6.39. The van der Waals surface area contributed by atoms with Crippen LogP contribution < -0.4 is 4.74 Å². The van der Waals surface area contributed by atoms with E-state index in [-0.39, 0.29) is 17.3 Å². The molecule has 2 unspecified atom stereocenters. The van der Waals surface area contributed by atoms with Crippen molar-refractivity contribution in [3.05, 3.63) is 52.6 Å². The number of allylic oxidation sites excluding steroid dienone is 4. The maximum absolute atomic E-state index is 12.5. The molecule has 0 saturated heterocycles. The summed E-state index contributed by atoms with van der Waals surface area (Å²) < 4.78 is 5.67. The molecular weight excluding hydrogens is 320 g/mol. The van der Waals surface area contributed by atoms with Gasteiger partial charge in [0.25, 0.3) is 0 Å². The zero-order valence-corrected chi connectivity index (χ0v) is 16.7. The van der Waals surface area contributed by atoms with E-state index in [4.69, 9.17) is 4.74 Å². The third kappa shape index (κ3) is 3.51. The number of hydrogen-bond donors (Lipinski definition) is 0. The number of carbonyl (C=O) groups excluding carboxylic acids is 1. The molecule has 0 aromatic heterocycles. The molecule has 0 saturated carbocycles. The van der Waals surface area contributed by atoms with Crippen molar-refractivity contribution in [3.63, 3.8) is 0 Å². The molecule has 0 spiro atoms. The Hall–Kier alpha value is -1.83. The van der Waals surface area contributed by atoms with E-state index in [0.717, 1.165) is 50.7 Å². The average Bonchev–Trinajstić information content (AvgIpc) is 2.93. The first-order valence-corrected chi connectivity index (χ1v) is 10.2. The minimum absolute atomic E-state index is 0.00210. The fourth-order valence-corrected chi connectivity index (χ4v) is 4.55. The number of fused-ring (bicyclic) bond motifs is 1. The lowest BCUT2D eigenvalue weighted by Crippen LogP contribution is -2.24. The van der Waals surface area contributed by atoms with Crippen molar-refractivity contribution in [3.8, 4) is 5.75 Å². The molecule has 1 aromatic carbocycles. The number of ether oxygens (including phenoxy) is 1. The monoisotopic (exact) mass is 352 g/mol. The molecule has 0 bridgehead atoms. The van der Waals surface area contributed by atoms with Gasteiger partial charge in [0.2, 0.25) is 0 Å². The average molecular weight is 353 g/mol. The van der Waals surface area contributed by atoms with Gasteiger partial charge in [0.15, 0.2) is 0 Å². The molecule has 1 aliphatic carbocycles. The Kier molecular flexibility index (Phi) is 5.70. The lowest BCUT2D eigenvalue weighted by Gasteiger charge is -2.33. The zero-order chi connectivity index (χ0) is 18.7. The lowest BCUT2D eigenvalue weighted by molar-refractivity contribution is -0.134. The summed E-state index contributed by atoms with van der Waals surface area (Å²) in [5.41, 5.74) is 5.35. The molecule has 2 aliphatic rings. The minimum Gasteiger partial charge on any atom is -0.426 e. The van der Waals surface area contributed by atoms with Crippen LogP contribution in [0.25, 0.3) is 0 Å². The summed E-state index contributed by atoms with van der Waals surface area (Å²) in [6, 6.07) is 4.25. The molecule has 1 aromatic rings. The highest BCUT2D eigenvalue weighted by Gasteiger charge is 2.38. The second-order valence-electron chi connectivity index (χ2n) is 8.19. The first-order valence-electron chi connectivity index (χ1n) is 10.2. The summed E-state index contributed by atoms with van der Waals surface area (Å²) in [5.74, 6) is 0.676. The van der Waals surface area contributed by atoms with E-state index < -0.39 is 0 Å². The van der Waals surface area contributed by atoms with Crippen molar-refractivity contribution >= 4 is 5.97 Å². The Balaban J connectivity index is 2.09. The van der Waals surface area contributed by atoms with Gasteiger partial charge in [-0.1, -0.05) is 69.9 Å². The van der Waals surface area contributed by atoms with Crippen LogP contribution in [0.2, 0.25) is 0 Å². The van der Waals surface area contributed by atoms with Crippen LogP contribution in [0.3, 0.4) is 0 Å². The predicted molar refractivity (Wildman–Crippen MR) is 108 cm³/mol. The highest BCUT2D eigenvalue weighted by molar-refractivity contribution is 5.87. The topological polar surface area (TPSA) is 26.3 Å². The lowest BCUT2D eigenvalue weighted by atomic mass is 9.71. The molecule has 140 valence electrons. The number of esters is 1. The first kappa shape index (κ1) is 18.9. The van der Waals surface area contributed by atoms with E-state index in [0.29, 0.717) is 0 Å². The molecular formula is C24H32O2. The van der Waals surface area contributed by atoms with E-state index >= 15 is 0 Å². The summed E-state index contributed by atoms with van der Waals surface area (Å²) in [6.07, 6.45) is 14.2. The van der Waals surface area contributed by atoms with Crippen LogP contribution in [0, 0.1) is 0 Å². The third-order valence-corrected chi connectivity index (χ3v) is 5.89. The molecule has 1 aliphatic heterocycles. The largest absolute Gasteiger partial charge is 0.426 e. The van der Waals surface area contributed by atoms with Crippen LogP contribution >= 0.6 is 0 Å². The molecule has 0 N–H and O–H groups in total. The number of rotatable bonds is 7. The zero-order valence-electron chi connectivity index (χ0n) is 16.7. The smallest absolute Gasteiger partial charge is 0.318 e. The highest BCUT2D eigenvalue weighted by atomic mass is 16.5. The Bertz CT molecular complexity index is 741. The van der Waals surface area contributed by atoms with Gasteiger partial charge in [0, 0.05) is 11.0 Å². The van der Waals surface area contributed by atoms with Crippen LogP contribution in [0.5, 0.6) is 5.75 Å². The van der Waals surface area contributed by atoms with Crippen molar-refractivity contribution in [2.75, 3.05) is 0 Å². The minimum atomic E-state index is -0.0791. The van der Waals surface area contributed by atoms with Crippen molar-refractivity contribution in [2.45, 2.75) is 84.0 Å². The number of hydrogen-bond acceptors (Lipinski definition) is 2. The Morgan fingerprint density at radius 3 is 2.65 bits per heavy atom. The quantitative estimate of drug-likeness (QED) is 0.420. The van der Waals surface area contributed by atoms with Crippen molar-refractivity contribution in [2.24, 2.45) is 0 Å². The van der Waals surface area contributed by atoms with Crippen molar-refractivity contribution in [1.29, 1.82) is 0 Å². The van der Waals surface area contributed by atoms with Crippen molar-refractivity contribution < 1.29 is 9.53 Å². The molecule has 2 heteroatoms. The second-order valence-corrected chi connectivity index (χ2v) is 8.19. The maximum atomic E-state index is 12.5. The molecule has 1 heterocycles. The second kappa shape index (κ2) is 7.82. The first-order chi connectivity index (χ1) is 12.5. The van der Waals surface area contributed by atoms with E-state index in [1.54, 1.807) is 0 Å². The molecule has 26 heavy (non-hydrogen) atoms. The Labute approximate surface area is 158 Å². The van der Waals surface area contributed by atoms with Crippen LogP contribution in [0.1, 0.15) is 88.8 Å². The number of carbonyl (C=O) groups is 1. The van der Waals surface area contributed by atoms with Gasteiger partial charge in [-0.25, -0.2) is 0 Å². The molecule has 0 fully saturated rings. The van der Waals surface area contributed by atoms with E-state index in [2.05, 4.69) is 52.0 Å². The summed E-state index contributed by atoms with van der Waals surface area (Å²) in [5, 5.41) is 0. The van der Waals surface area contributed by atoms with Gasteiger partial charge in [-0.2, -0.15) is 0 Å². The Morgan fingerprint density at radius 2 is 1.96 bits per heavy atom. The standard InChI is InChI=1S/C24H32O2/c1-5-7-11-18-20(24(4)15-9-10-17(3)16-24)13-14-21-22(18)19(12-8-6-2)23(25)26-21/h9-10,13-15,19H,5-8,11-12,16H2,1-4H3. The molecule has 0 radical (unpaired) electrons. The van der Waals surface area contributed by atoms with Crippen LogP contribution in [0.15, 0.2) is 35.9 Å². The van der Waals surface area contributed by atoms with Gasteiger partial charge >= 0.3 is 5.97 Å². The summed E-state index contributed by atoms with van der Waals surface area (Å²) in [6.45, 7) is 8.94. The van der Waals surface area contributed by atoms with Gasteiger partial charge in [-0.3, -0.25) is 4.79 Å². The van der Waals surface area contributed by atoms with Gasteiger partial charge in [0.1, 0.15) is 5.75 Å². The maximum Gasteiger partial charge on any atom is 0.318 e. The van der Waals surface area contributed by atoms with Crippen LogP contribution in [0.4, 0.5) is 0 Å². The Morgan fingerprint density at radius 1 is 1.19 bits per heavy atom. The van der Waals surface area contributed by atoms with Gasteiger partial charge in [-0.15, -0.1) is 0 Å².